The summed E-state index contributed by atoms with van der Waals surface area (Å²) in [5, 5.41) is 5.35. The first kappa shape index (κ1) is 54.9. The molecule has 0 aromatic carbocycles. The number of ether oxygens (including phenoxy) is 7. The maximum Gasteiger partial charge on any atom is 0.407 e. The smallest absolute Gasteiger partial charge is 0.407 e. The average Bonchev–Trinajstić information content (AvgIpc) is 3.29. The zero-order valence-corrected chi connectivity index (χ0v) is 43.5. The fraction of sp³-hybridized carbons (Fsp3) is 0.782. The summed E-state index contributed by atoms with van der Waals surface area (Å²) in [6, 6.07) is 0. The monoisotopic (exact) mass is 981 g/mol. The van der Waals surface area contributed by atoms with Gasteiger partial charge in [-0.25, -0.2) is 9.59 Å². The number of allylic oxidation sites excluding steroid dienone is 5. The van der Waals surface area contributed by atoms with Crippen LogP contribution in [0.3, 0.4) is 0 Å². The number of hydrogen-bond donors (Lipinski definition) is 2. The highest BCUT2D eigenvalue weighted by Crippen LogP contribution is 2.55. The van der Waals surface area contributed by atoms with Gasteiger partial charge in [-0.2, -0.15) is 0 Å². The molecule has 17 atom stereocenters. The van der Waals surface area contributed by atoms with Gasteiger partial charge in [0.1, 0.15) is 36.6 Å². The highest BCUT2D eigenvalue weighted by Gasteiger charge is 2.52. The lowest BCUT2D eigenvalue weighted by molar-refractivity contribution is -0.169. The molecule has 2 N–H and O–H groups in total. The van der Waals surface area contributed by atoms with Crippen LogP contribution in [0.15, 0.2) is 36.0 Å². The molecule has 15 heteroatoms. The Morgan fingerprint density at radius 1 is 0.700 bits per heavy atom. The van der Waals surface area contributed by atoms with Crippen LogP contribution >= 0.6 is 0 Å². The number of rotatable bonds is 20. The lowest BCUT2D eigenvalue weighted by atomic mass is 9.53. The third kappa shape index (κ3) is 14.8. The van der Waals surface area contributed by atoms with E-state index in [0.29, 0.717) is 37.5 Å². The predicted octanol–water partition coefficient (Wildman–Crippen LogP) is 9.36. The van der Waals surface area contributed by atoms with Gasteiger partial charge in [0.2, 0.25) is 0 Å². The Morgan fingerprint density at radius 2 is 1.23 bits per heavy atom. The molecule has 2 saturated heterocycles. The van der Waals surface area contributed by atoms with Crippen LogP contribution in [0.25, 0.3) is 0 Å². The van der Waals surface area contributed by atoms with Crippen molar-refractivity contribution in [2.24, 2.45) is 64.6 Å². The maximum absolute atomic E-state index is 13.0. The van der Waals surface area contributed by atoms with Gasteiger partial charge in [-0.05, 0) is 104 Å². The number of carbonyl (C=O) groups is 6. The second kappa shape index (κ2) is 25.3. The van der Waals surface area contributed by atoms with E-state index in [4.69, 9.17) is 33.2 Å². The minimum Gasteiger partial charge on any atom is -0.462 e. The van der Waals surface area contributed by atoms with Crippen molar-refractivity contribution in [1.82, 2.24) is 10.6 Å². The van der Waals surface area contributed by atoms with E-state index < -0.39 is 48.5 Å². The maximum atomic E-state index is 13.0. The van der Waals surface area contributed by atoms with Gasteiger partial charge < -0.3 is 43.8 Å². The number of cyclic esters (lactones) is 2. The standard InChI is InChI=1S/C55H84N2O13/c1-10-34(5)51(60)69-45-25-32(3)24-38-13-12-36(7)43(49(38)45)16-14-39-27-41(29-47(58)65-39)67-53(62)56-20-22-64-23-21-57-54(63)68-42-28-40(66-48(59)30-42)15-17-44-37(8)18-19-55(9)31-33(4)26-46(50(44)55)70-52(61)35(6)11-2/h12-13,18-19,24,32-37,39-46,49-50H,10-11,14-17,20-23,25-31H2,1-9H3,(H,56,62)(H,57,63). The summed E-state index contributed by atoms with van der Waals surface area (Å²) in [7, 11) is 0. The fourth-order valence-corrected chi connectivity index (χ4v) is 12.3. The van der Waals surface area contributed by atoms with Crippen molar-refractivity contribution in [1.29, 1.82) is 0 Å². The molecule has 2 amide bonds. The fourth-order valence-electron chi connectivity index (χ4n) is 12.3. The van der Waals surface area contributed by atoms with Gasteiger partial charge in [-0.3, -0.25) is 19.2 Å². The molecular weight excluding hydrogens is 897 g/mol. The molecule has 6 aliphatic rings. The Labute approximate surface area is 416 Å². The van der Waals surface area contributed by atoms with E-state index in [1.807, 2.05) is 27.7 Å². The second-order valence-electron chi connectivity index (χ2n) is 22.1. The molecule has 3 fully saturated rings. The van der Waals surface area contributed by atoms with Gasteiger partial charge in [0.25, 0.3) is 0 Å². The van der Waals surface area contributed by atoms with Crippen molar-refractivity contribution in [3.63, 3.8) is 0 Å². The van der Waals surface area contributed by atoms with Crippen LogP contribution in [0.5, 0.6) is 0 Å². The molecule has 0 spiro atoms. The Balaban J connectivity index is 0.869. The summed E-state index contributed by atoms with van der Waals surface area (Å²) in [4.78, 5) is 76.8. The van der Waals surface area contributed by atoms with Gasteiger partial charge in [0.15, 0.2) is 0 Å². The number of alkyl carbamates (subject to hydrolysis) is 2. The minimum atomic E-state index is -0.657. The van der Waals surface area contributed by atoms with Crippen LogP contribution in [0.1, 0.15) is 146 Å². The summed E-state index contributed by atoms with van der Waals surface area (Å²) in [5.41, 5.74) is 1.11. The Bertz CT molecular complexity index is 1920. The lowest BCUT2D eigenvalue weighted by Crippen LogP contribution is -2.51. The van der Waals surface area contributed by atoms with Gasteiger partial charge in [0.05, 0.1) is 37.9 Å². The van der Waals surface area contributed by atoms with Gasteiger partial charge in [-0.15, -0.1) is 0 Å². The number of fused-ring (bicyclic) bond motifs is 2. The molecule has 0 bridgehead atoms. The number of hydrogen-bond acceptors (Lipinski definition) is 13. The molecule has 17 unspecified atom stereocenters. The zero-order valence-electron chi connectivity index (χ0n) is 43.5. The van der Waals surface area contributed by atoms with E-state index >= 15 is 0 Å². The van der Waals surface area contributed by atoms with Gasteiger partial charge in [0, 0.05) is 37.8 Å². The largest absolute Gasteiger partial charge is 0.462 e. The Kier molecular flexibility index (Phi) is 19.9. The van der Waals surface area contributed by atoms with Crippen molar-refractivity contribution >= 4 is 36.1 Å². The Hall–Kier alpha value is -4.40. The Morgan fingerprint density at radius 3 is 1.79 bits per heavy atom. The molecule has 70 heavy (non-hydrogen) atoms. The normalized spacial score (nSPS) is 35.6. The van der Waals surface area contributed by atoms with Crippen molar-refractivity contribution in [3.8, 4) is 0 Å². The number of carbonyl (C=O) groups excluding carboxylic acids is 6. The van der Waals surface area contributed by atoms with Gasteiger partial charge >= 0.3 is 36.1 Å². The second-order valence-corrected chi connectivity index (χ2v) is 22.1. The van der Waals surface area contributed by atoms with Crippen LogP contribution in [0.4, 0.5) is 9.59 Å². The molecule has 2 aliphatic heterocycles. The highest BCUT2D eigenvalue weighted by atomic mass is 16.6. The van der Waals surface area contributed by atoms with Crippen molar-refractivity contribution < 1.29 is 61.9 Å². The molecule has 6 rings (SSSR count). The molecule has 392 valence electrons. The molecule has 0 aromatic heterocycles. The summed E-state index contributed by atoms with van der Waals surface area (Å²) in [5.74, 6) is 0.471. The van der Waals surface area contributed by atoms with E-state index in [0.717, 1.165) is 44.9 Å². The first-order valence-corrected chi connectivity index (χ1v) is 26.7. The highest BCUT2D eigenvalue weighted by molar-refractivity contribution is 5.74. The van der Waals surface area contributed by atoms with Crippen LogP contribution in [0.2, 0.25) is 0 Å². The third-order valence-electron chi connectivity index (χ3n) is 16.3. The molecule has 0 radical (unpaired) electrons. The summed E-state index contributed by atoms with van der Waals surface area (Å²) >= 11 is 0. The minimum absolute atomic E-state index is 0.0192. The quantitative estimate of drug-likeness (QED) is 0.0508. The van der Waals surface area contributed by atoms with E-state index in [1.165, 1.54) is 5.57 Å². The number of nitrogens with one attached hydrogen (secondary N) is 2. The van der Waals surface area contributed by atoms with E-state index in [2.05, 4.69) is 75.6 Å². The van der Waals surface area contributed by atoms with E-state index in [1.54, 1.807) is 0 Å². The summed E-state index contributed by atoms with van der Waals surface area (Å²) in [6.45, 7) is 19.5. The number of esters is 4. The molecule has 2 heterocycles. The first-order valence-electron chi connectivity index (χ1n) is 26.7. The van der Waals surface area contributed by atoms with Crippen LogP contribution < -0.4 is 10.6 Å². The molecule has 0 aromatic rings. The van der Waals surface area contributed by atoms with Crippen LogP contribution in [-0.2, 0) is 52.3 Å². The topological polar surface area (TPSA) is 191 Å². The van der Waals surface area contributed by atoms with E-state index in [-0.39, 0.29) is 116 Å². The molecule has 1 saturated carbocycles. The predicted molar refractivity (Wildman–Crippen MR) is 262 cm³/mol. The van der Waals surface area contributed by atoms with Crippen molar-refractivity contribution in [3.05, 3.63) is 36.0 Å². The third-order valence-corrected chi connectivity index (χ3v) is 16.3. The summed E-state index contributed by atoms with van der Waals surface area (Å²) in [6.07, 6.45) is 15.2. The molecule has 15 nitrogen and oxygen atoms in total. The van der Waals surface area contributed by atoms with Crippen molar-refractivity contribution in [2.75, 3.05) is 26.3 Å². The SMILES string of the molecule is CCC(C)C(=O)OC1CC(C)C=C2C=CC(C)C(CCC3CC(OC(=O)NCCOCCNC(=O)OC4CC(=O)OC(CCC5C(C)C=CC6(C)CC(C)CC(OC(=O)C(C)CC)C56)C4)CC(=O)O3)C21. The number of amides is 2. The van der Waals surface area contributed by atoms with E-state index in [9.17, 15) is 28.8 Å². The summed E-state index contributed by atoms with van der Waals surface area (Å²) < 4.78 is 40.8. The molecular formula is C55H84N2O13. The van der Waals surface area contributed by atoms with Crippen LogP contribution in [-0.4, -0.2) is 99.0 Å². The van der Waals surface area contributed by atoms with Crippen molar-refractivity contribution in [2.45, 2.75) is 182 Å². The average molecular weight is 981 g/mol. The molecule has 4 aliphatic carbocycles. The van der Waals surface area contributed by atoms with Gasteiger partial charge in [-0.1, -0.05) is 92.7 Å². The first-order chi connectivity index (χ1) is 33.4. The van der Waals surface area contributed by atoms with Crippen LogP contribution in [0, 0.1) is 64.6 Å². The zero-order chi connectivity index (χ0) is 50.7. The lowest BCUT2D eigenvalue weighted by Gasteiger charge is -2.53.